The molecular formula is C24H29N3O5S3. The van der Waals surface area contributed by atoms with Gasteiger partial charge in [0, 0.05) is 49.5 Å². The third-order valence-corrected chi connectivity index (χ3v) is 8.88. The summed E-state index contributed by atoms with van der Waals surface area (Å²) in [5, 5.41) is 0.531. The molecule has 1 fully saturated rings. The molecule has 1 amide bonds. The Labute approximate surface area is 214 Å². The standard InChI is InChI=1S/C24H29N3O5S3/c1-31-18-6-8-19(9-7-18)33-17-10-22(28)27(12-11-26-13-15-32-16-14-26)24-25-23-20(34-24)4-3-5-21(23)35(2,29)30/h3-9H,10-17H2,1-2H3. The number of benzene rings is 2. The molecular weight excluding hydrogens is 506 g/mol. The fourth-order valence-electron chi connectivity index (χ4n) is 3.78. The maximum Gasteiger partial charge on any atom is 0.229 e. The Hall–Kier alpha value is -2.18. The van der Waals surface area contributed by atoms with Crippen LogP contribution >= 0.6 is 23.1 Å². The molecule has 1 aliphatic rings. The van der Waals surface area contributed by atoms with Crippen molar-refractivity contribution in [2.45, 2.75) is 16.2 Å². The molecule has 0 saturated carbocycles. The molecule has 1 saturated heterocycles. The van der Waals surface area contributed by atoms with E-state index in [0.29, 0.717) is 49.1 Å². The summed E-state index contributed by atoms with van der Waals surface area (Å²) in [4.78, 5) is 23.2. The van der Waals surface area contributed by atoms with Gasteiger partial charge in [-0.05, 0) is 36.4 Å². The van der Waals surface area contributed by atoms with Crippen molar-refractivity contribution < 1.29 is 22.7 Å². The molecule has 188 valence electrons. The average Bonchev–Trinajstić information content (AvgIpc) is 3.28. The normalized spacial score (nSPS) is 14.8. The maximum absolute atomic E-state index is 13.4. The third-order valence-electron chi connectivity index (χ3n) is 5.69. The van der Waals surface area contributed by atoms with Gasteiger partial charge in [-0.2, -0.15) is 0 Å². The number of thiazole rings is 1. The molecule has 0 aliphatic carbocycles. The summed E-state index contributed by atoms with van der Waals surface area (Å²) in [5.74, 6) is 1.39. The van der Waals surface area contributed by atoms with Crippen molar-refractivity contribution in [3.05, 3.63) is 42.5 Å². The van der Waals surface area contributed by atoms with E-state index in [1.165, 1.54) is 17.6 Å². The third kappa shape index (κ3) is 6.73. The summed E-state index contributed by atoms with van der Waals surface area (Å²) in [7, 11) is -1.80. The number of para-hydroxylation sites is 1. The lowest BCUT2D eigenvalue weighted by Gasteiger charge is -2.29. The summed E-state index contributed by atoms with van der Waals surface area (Å²) in [6.07, 6.45) is 1.52. The Bertz CT molecular complexity index is 1260. The number of nitrogens with zero attached hydrogens (tertiary/aromatic N) is 3. The van der Waals surface area contributed by atoms with Crippen LogP contribution in [0.5, 0.6) is 5.75 Å². The van der Waals surface area contributed by atoms with Crippen molar-refractivity contribution in [3.63, 3.8) is 0 Å². The van der Waals surface area contributed by atoms with E-state index in [2.05, 4.69) is 9.88 Å². The van der Waals surface area contributed by atoms with E-state index in [1.807, 2.05) is 30.3 Å². The van der Waals surface area contributed by atoms with Gasteiger partial charge in [-0.3, -0.25) is 14.6 Å². The van der Waals surface area contributed by atoms with Crippen molar-refractivity contribution in [1.29, 1.82) is 0 Å². The van der Waals surface area contributed by atoms with Gasteiger partial charge in [0.2, 0.25) is 5.91 Å². The van der Waals surface area contributed by atoms with Crippen LogP contribution in [0.2, 0.25) is 0 Å². The SMILES string of the molecule is COc1ccc(SCCC(=O)N(CCN2CCOCC2)c2nc3c(S(C)(=O)=O)cccc3s2)cc1. The van der Waals surface area contributed by atoms with E-state index in [4.69, 9.17) is 9.47 Å². The Balaban J connectivity index is 1.51. The van der Waals surface area contributed by atoms with Gasteiger partial charge < -0.3 is 9.47 Å². The topological polar surface area (TPSA) is 89.0 Å². The highest BCUT2D eigenvalue weighted by Crippen LogP contribution is 2.33. The predicted molar refractivity (Wildman–Crippen MR) is 141 cm³/mol. The Morgan fingerprint density at radius 2 is 1.94 bits per heavy atom. The molecule has 11 heteroatoms. The van der Waals surface area contributed by atoms with Crippen molar-refractivity contribution >= 4 is 54.2 Å². The number of morpholine rings is 1. The first-order valence-electron chi connectivity index (χ1n) is 11.3. The lowest BCUT2D eigenvalue weighted by Crippen LogP contribution is -2.43. The van der Waals surface area contributed by atoms with E-state index in [0.717, 1.165) is 28.4 Å². The lowest BCUT2D eigenvalue weighted by atomic mass is 10.3. The maximum atomic E-state index is 13.4. The number of carbonyl (C=O) groups excluding carboxylic acids is 1. The summed E-state index contributed by atoms with van der Waals surface area (Å²) in [5.41, 5.74) is 0.423. The van der Waals surface area contributed by atoms with Crippen molar-refractivity contribution in [2.75, 3.05) is 63.4 Å². The zero-order valence-corrected chi connectivity index (χ0v) is 22.3. The summed E-state index contributed by atoms with van der Waals surface area (Å²) < 4.78 is 35.9. The second kappa shape index (κ2) is 11.7. The number of rotatable bonds is 10. The number of fused-ring (bicyclic) bond motifs is 1. The van der Waals surface area contributed by atoms with Crippen LogP contribution in [0.4, 0.5) is 5.13 Å². The molecule has 1 aromatic heterocycles. The van der Waals surface area contributed by atoms with Gasteiger partial charge >= 0.3 is 0 Å². The highest BCUT2D eigenvalue weighted by atomic mass is 32.2. The van der Waals surface area contributed by atoms with Crippen LogP contribution in [0.3, 0.4) is 0 Å². The fourth-order valence-corrected chi connectivity index (χ4v) is 6.56. The molecule has 0 N–H and O–H groups in total. The van der Waals surface area contributed by atoms with Gasteiger partial charge in [0.15, 0.2) is 15.0 Å². The second-order valence-electron chi connectivity index (χ2n) is 8.14. The van der Waals surface area contributed by atoms with Crippen LogP contribution in [-0.4, -0.2) is 82.7 Å². The van der Waals surface area contributed by atoms with Gasteiger partial charge in [0.25, 0.3) is 0 Å². The highest BCUT2D eigenvalue weighted by Gasteiger charge is 2.23. The molecule has 0 unspecified atom stereocenters. The smallest absolute Gasteiger partial charge is 0.229 e. The Kier molecular flexibility index (Phi) is 8.66. The molecule has 1 aliphatic heterocycles. The molecule has 8 nitrogen and oxygen atoms in total. The van der Waals surface area contributed by atoms with Crippen LogP contribution in [0, 0.1) is 0 Å². The van der Waals surface area contributed by atoms with Crippen LogP contribution in [0.25, 0.3) is 10.2 Å². The van der Waals surface area contributed by atoms with Gasteiger partial charge in [-0.25, -0.2) is 13.4 Å². The minimum Gasteiger partial charge on any atom is -0.497 e. The number of hydrogen-bond donors (Lipinski definition) is 0. The first-order chi connectivity index (χ1) is 16.8. The van der Waals surface area contributed by atoms with Crippen molar-refractivity contribution in [3.8, 4) is 5.75 Å². The predicted octanol–water partition coefficient (Wildman–Crippen LogP) is 3.56. The number of hydrogen-bond acceptors (Lipinski definition) is 9. The first kappa shape index (κ1) is 25.9. The number of methoxy groups -OCH3 is 1. The quantitative estimate of drug-likeness (QED) is 0.364. The van der Waals surface area contributed by atoms with E-state index < -0.39 is 9.84 Å². The van der Waals surface area contributed by atoms with Gasteiger partial charge in [-0.1, -0.05) is 17.4 Å². The Morgan fingerprint density at radius 3 is 2.63 bits per heavy atom. The van der Waals surface area contributed by atoms with E-state index >= 15 is 0 Å². The monoisotopic (exact) mass is 535 g/mol. The minimum atomic E-state index is -3.44. The van der Waals surface area contributed by atoms with Crippen molar-refractivity contribution in [2.24, 2.45) is 0 Å². The first-order valence-corrected chi connectivity index (χ1v) is 15.0. The highest BCUT2D eigenvalue weighted by molar-refractivity contribution is 7.99. The van der Waals surface area contributed by atoms with Gasteiger partial charge in [0.05, 0.1) is 29.9 Å². The largest absolute Gasteiger partial charge is 0.497 e. The molecule has 4 rings (SSSR count). The average molecular weight is 536 g/mol. The van der Waals surface area contributed by atoms with Crippen LogP contribution < -0.4 is 9.64 Å². The molecule has 0 bridgehead atoms. The number of amides is 1. The number of carbonyl (C=O) groups is 1. The number of aromatic nitrogens is 1. The lowest BCUT2D eigenvalue weighted by molar-refractivity contribution is -0.118. The number of sulfone groups is 1. The second-order valence-corrected chi connectivity index (χ2v) is 12.3. The zero-order valence-electron chi connectivity index (χ0n) is 19.8. The molecule has 0 radical (unpaired) electrons. The summed E-state index contributed by atoms with van der Waals surface area (Å²) in [6.45, 7) is 4.22. The summed E-state index contributed by atoms with van der Waals surface area (Å²) >= 11 is 2.96. The van der Waals surface area contributed by atoms with Crippen molar-refractivity contribution in [1.82, 2.24) is 9.88 Å². The van der Waals surface area contributed by atoms with Gasteiger partial charge in [0.1, 0.15) is 11.3 Å². The van der Waals surface area contributed by atoms with Gasteiger partial charge in [-0.15, -0.1) is 11.8 Å². The van der Waals surface area contributed by atoms with Crippen LogP contribution in [-0.2, 0) is 19.4 Å². The molecule has 0 atom stereocenters. The van der Waals surface area contributed by atoms with E-state index in [-0.39, 0.29) is 10.8 Å². The van der Waals surface area contributed by atoms with E-state index in [1.54, 1.807) is 35.9 Å². The minimum absolute atomic E-state index is 0.0285. The number of thioether (sulfide) groups is 1. The molecule has 2 heterocycles. The van der Waals surface area contributed by atoms with Crippen LogP contribution in [0.15, 0.2) is 52.3 Å². The number of anilines is 1. The Morgan fingerprint density at radius 1 is 1.20 bits per heavy atom. The molecule has 3 aromatic rings. The fraction of sp³-hybridized carbons (Fsp3) is 0.417. The zero-order chi connectivity index (χ0) is 24.8. The molecule has 35 heavy (non-hydrogen) atoms. The summed E-state index contributed by atoms with van der Waals surface area (Å²) in [6, 6.07) is 12.9. The van der Waals surface area contributed by atoms with Crippen LogP contribution in [0.1, 0.15) is 6.42 Å². The molecule has 2 aromatic carbocycles. The van der Waals surface area contributed by atoms with E-state index in [9.17, 15) is 13.2 Å². The molecule has 0 spiro atoms. The number of ether oxygens (including phenoxy) is 2.